The van der Waals surface area contributed by atoms with Gasteiger partial charge in [-0.1, -0.05) is 18.2 Å². The zero-order valence-corrected chi connectivity index (χ0v) is 12.4. The Kier molecular flexibility index (Phi) is 2.91. The molecule has 3 rings (SSSR count). The van der Waals surface area contributed by atoms with Crippen molar-refractivity contribution in [3.05, 3.63) is 42.5 Å². The number of hydrogen-bond donors (Lipinski definition) is 2. The Labute approximate surface area is 118 Å². The molecule has 0 saturated carbocycles. The van der Waals surface area contributed by atoms with Crippen molar-refractivity contribution in [1.82, 2.24) is 19.9 Å². The van der Waals surface area contributed by atoms with Gasteiger partial charge in [-0.15, -0.1) is 0 Å². The fourth-order valence-corrected chi connectivity index (χ4v) is 2.45. The highest BCUT2D eigenvalue weighted by atomic mass is 15.0. The van der Waals surface area contributed by atoms with Crippen molar-refractivity contribution >= 4 is 10.9 Å². The van der Waals surface area contributed by atoms with E-state index in [1.165, 1.54) is 16.5 Å². The fourth-order valence-electron chi connectivity index (χ4n) is 2.45. The van der Waals surface area contributed by atoms with Crippen LogP contribution in [0.2, 0.25) is 0 Å². The van der Waals surface area contributed by atoms with Gasteiger partial charge in [-0.05, 0) is 27.0 Å². The minimum Gasteiger partial charge on any atom is -0.350 e. The monoisotopic (exact) mass is 268 g/mol. The summed E-state index contributed by atoms with van der Waals surface area (Å²) in [7, 11) is 4.01. The lowest BCUT2D eigenvalue weighted by atomic mass is 10.1. The van der Waals surface area contributed by atoms with Gasteiger partial charge in [0.15, 0.2) is 0 Å². The number of aromatic nitrogens is 3. The molecule has 3 aromatic rings. The fraction of sp³-hybridized carbons (Fsp3) is 0.312. The average Bonchev–Trinajstić information content (AvgIpc) is 3.05. The molecule has 2 N–H and O–H groups in total. The van der Waals surface area contributed by atoms with Crippen molar-refractivity contribution in [3.8, 4) is 11.3 Å². The van der Waals surface area contributed by atoms with Gasteiger partial charge in [0.05, 0.1) is 17.4 Å². The summed E-state index contributed by atoms with van der Waals surface area (Å²) in [5, 5.41) is 4.51. The van der Waals surface area contributed by atoms with Gasteiger partial charge in [-0.2, -0.15) is 0 Å². The molecule has 0 radical (unpaired) electrons. The number of benzene rings is 1. The van der Waals surface area contributed by atoms with Crippen LogP contribution in [0.3, 0.4) is 0 Å². The predicted octanol–water partition coefficient (Wildman–Crippen LogP) is 3.02. The summed E-state index contributed by atoms with van der Waals surface area (Å²) in [6, 6.07) is 8.41. The molecule has 0 bridgehead atoms. The highest BCUT2D eigenvalue weighted by Crippen LogP contribution is 2.30. The number of aryl methyl sites for hydroxylation is 1. The maximum atomic E-state index is 4.52. The predicted molar refractivity (Wildman–Crippen MR) is 82.6 cm³/mol. The first kappa shape index (κ1) is 12.9. The Morgan fingerprint density at radius 1 is 1.25 bits per heavy atom. The molecule has 20 heavy (non-hydrogen) atoms. The summed E-state index contributed by atoms with van der Waals surface area (Å²) in [5.41, 5.74) is 3.31. The van der Waals surface area contributed by atoms with Crippen molar-refractivity contribution in [2.24, 2.45) is 7.05 Å². The van der Waals surface area contributed by atoms with Crippen LogP contribution in [0.25, 0.3) is 22.2 Å². The first-order valence-corrected chi connectivity index (χ1v) is 6.82. The Hall–Kier alpha value is -2.07. The molecule has 0 aliphatic carbocycles. The van der Waals surface area contributed by atoms with Crippen LogP contribution in [0.1, 0.15) is 19.7 Å². The van der Waals surface area contributed by atoms with E-state index in [0.717, 1.165) is 11.5 Å². The van der Waals surface area contributed by atoms with E-state index < -0.39 is 0 Å². The summed E-state index contributed by atoms with van der Waals surface area (Å²) in [5.74, 6) is 0.947. The van der Waals surface area contributed by atoms with Crippen molar-refractivity contribution in [2.45, 2.75) is 19.4 Å². The molecule has 2 aromatic heterocycles. The summed E-state index contributed by atoms with van der Waals surface area (Å²) in [4.78, 5) is 7.96. The maximum absolute atomic E-state index is 4.52. The van der Waals surface area contributed by atoms with Gasteiger partial charge in [-0.3, -0.25) is 0 Å². The van der Waals surface area contributed by atoms with Gasteiger partial charge in [-0.25, -0.2) is 4.98 Å². The molecule has 1 aromatic carbocycles. The second kappa shape index (κ2) is 4.49. The third kappa shape index (κ3) is 1.93. The highest BCUT2D eigenvalue weighted by Gasteiger charge is 2.22. The van der Waals surface area contributed by atoms with E-state index >= 15 is 0 Å². The largest absolute Gasteiger partial charge is 0.350 e. The smallest absolute Gasteiger partial charge is 0.126 e. The third-order valence-electron chi connectivity index (χ3n) is 3.98. The Balaban J connectivity index is 2.13. The summed E-state index contributed by atoms with van der Waals surface area (Å²) < 4.78 is 2.15. The van der Waals surface area contributed by atoms with E-state index in [1.54, 1.807) is 0 Å². The van der Waals surface area contributed by atoms with Crippen LogP contribution >= 0.6 is 0 Å². The minimum atomic E-state index is -0.164. The highest BCUT2D eigenvalue weighted by molar-refractivity contribution is 5.95. The van der Waals surface area contributed by atoms with Gasteiger partial charge in [0.1, 0.15) is 5.82 Å². The first-order chi connectivity index (χ1) is 9.53. The van der Waals surface area contributed by atoms with E-state index in [-0.39, 0.29) is 5.54 Å². The number of imidazole rings is 1. The molecule has 0 atom stereocenters. The lowest BCUT2D eigenvalue weighted by molar-refractivity contribution is 0.421. The normalized spacial score (nSPS) is 12.2. The van der Waals surface area contributed by atoms with Crippen molar-refractivity contribution in [2.75, 3.05) is 7.05 Å². The lowest BCUT2D eigenvalue weighted by Gasteiger charge is -2.20. The number of para-hydroxylation sites is 1. The Morgan fingerprint density at radius 3 is 2.75 bits per heavy atom. The number of rotatable bonds is 3. The van der Waals surface area contributed by atoms with Crippen LogP contribution in [0.5, 0.6) is 0 Å². The zero-order valence-electron chi connectivity index (χ0n) is 12.4. The molecule has 4 heteroatoms. The first-order valence-electron chi connectivity index (χ1n) is 6.82. The van der Waals surface area contributed by atoms with Crippen molar-refractivity contribution in [1.29, 1.82) is 0 Å². The number of H-pyrrole nitrogens is 1. The van der Waals surface area contributed by atoms with Gasteiger partial charge in [0.25, 0.3) is 0 Å². The summed E-state index contributed by atoms with van der Waals surface area (Å²) in [6.07, 6.45) is 4.06. The molecule has 0 amide bonds. The third-order valence-corrected chi connectivity index (χ3v) is 3.98. The van der Waals surface area contributed by atoms with Gasteiger partial charge >= 0.3 is 0 Å². The van der Waals surface area contributed by atoms with Crippen LogP contribution in [0, 0.1) is 0 Å². The molecule has 2 heterocycles. The standard InChI is InChI=1S/C16H20N4/c1-16(2,17-3)15-18-9-13(19-15)12-10-20(4)14-8-6-5-7-11(12)14/h5-10,17H,1-4H3,(H,18,19). The minimum absolute atomic E-state index is 0.164. The van der Waals surface area contributed by atoms with Gasteiger partial charge in [0, 0.05) is 29.7 Å². The van der Waals surface area contributed by atoms with E-state index in [0.29, 0.717) is 0 Å². The van der Waals surface area contributed by atoms with Crippen molar-refractivity contribution < 1.29 is 0 Å². The van der Waals surface area contributed by atoms with E-state index in [4.69, 9.17) is 0 Å². The summed E-state index contributed by atoms with van der Waals surface area (Å²) >= 11 is 0. The molecule has 0 fully saturated rings. The zero-order chi connectivity index (χ0) is 14.3. The van der Waals surface area contributed by atoms with Crippen LogP contribution < -0.4 is 5.32 Å². The van der Waals surface area contributed by atoms with Crippen LogP contribution in [-0.2, 0) is 12.6 Å². The lowest BCUT2D eigenvalue weighted by Crippen LogP contribution is -2.34. The Morgan fingerprint density at radius 2 is 2.00 bits per heavy atom. The molecule has 0 aliphatic heterocycles. The SMILES string of the molecule is CNC(C)(C)c1ncc(-c2cn(C)c3ccccc23)[nH]1. The molecule has 0 unspecified atom stereocenters. The molecular formula is C16H20N4. The second-order valence-electron chi connectivity index (χ2n) is 5.69. The number of nitrogens with zero attached hydrogens (tertiary/aromatic N) is 2. The molecule has 0 aliphatic rings. The van der Waals surface area contributed by atoms with E-state index in [1.807, 2.05) is 13.2 Å². The van der Waals surface area contributed by atoms with Crippen LogP contribution in [0.4, 0.5) is 0 Å². The number of fused-ring (bicyclic) bond motifs is 1. The number of aromatic amines is 1. The molecule has 104 valence electrons. The number of nitrogens with one attached hydrogen (secondary N) is 2. The van der Waals surface area contributed by atoms with Crippen LogP contribution in [0.15, 0.2) is 36.7 Å². The van der Waals surface area contributed by atoms with Gasteiger partial charge in [0.2, 0.25) is 0 Å². The summed E-state index contributed by atoms with van der Waals surface area (Å²) in [6.45, 7) is 4.22. The van der Waals surface area contributed by atoms with E-state index in [9.17, 15) is 0 Å². The maximum Gasteiger partial charge on any atom is 0.126 e. The average molecular weight is 268 g/mol. The second-order valence-corrected chi connectivity index (χ2v) is 5.69. The molecule has 0 saturated heterocycles. The Bertz CT molecular complexity index is 749. The quantitative estimate of drug-likeness (QED) is 0.767. The van der Waals surface area contributed by atoms with Gasteiger partial charge < -0.3 is 14.9 Å². The molecular weight excluding hydrogens is 248 g/mol. The molecule has 4 nitrogen and oxygen atoms in total. The van der Waals surface area contributed by atoms with E-state index in [2.05, 4.69) is 71.2 Å². The van der Waals surface area contributed by atoms with Crippen molar-refractivity contribution in [3.63, 3.8) is 0 Å². The number of hydrogen-bond acceptors (Lipinski definition) is 2. The molecule has 0 spiro atoms. The topological polar surface area (TPSA) is 45.6 Å². The van der Waals surface area contributed by atoms with Crippen LogP contribution in [-0.4, -0.2) is 21.6 Å².